The minimum absolute atomic E-state index is 0.325. The fraction of sp³-hybridized carbons (Fsp3) is 0.235. The molecule has 6 heteroatoms. The summed E-state index contributed by atoms with van der Waals surface area (Å²) < 4.78 is 6.91. The van der Waals surface area contributed by atoms with Gasteiger partial charge < -0.3 is 14.4 Å². The smallest absolute Gasteiger partial charge is 0.243 e. The van der Waals surface area contributed by atoms with E-state index in [0.29, 0.717) is 18.0 Å². The van der Waals surface area contributed by atoms with Crippen LogP contribution in [0.4, 0.5) is 5.82 Å². The fourth-order valence-electron chi connectivity index (χ4n) is 2.64. The summed E-state index contributed by atoms with van der Waals surface area (Å²) in [6.07, 6.45) is 2.31. The second kappa shape index (κ2) is 5.97. The fourth-order valence-corrected chi connectivity index (χ4v) is 2.64. The molecule has 2 heterocycles. The highest BCUT2D eigenvalue weighted by molar-refractivity contribution is 5.94. The van der Waals surface area contributed by atoms with Crippen LogP contribution >= 0.6 is 0 Å². The van der Waals surface area contributed by atoms with Crippen molar-refractivity contribution in [1.82, 2.24) is 9.72 Å². The van der Waals surface area contributed by atoms with E-state index in [-0.39, 0.29) is 5.91 Å². The van der Waals surface area contributed by atoms with Gasteiger partial charge in [-0.05, 0) is 25.0 Å². The van der Waals surface area contributed by atoms with Crippen LogP contribution in [-0.2, 0) is 18.3 Å². The number of carbonyl (C=O) groups is 1. The van der Waals surface area contributed by atoms with Crippen LogP contribution in [-0.4, -0.2) is 15.6 Å². The maximum atomic E-state index is 12.3. The van der Waals surface area contributed by atoms with Crippen molar-refractivity contribution < 1.29 is 9.32 Å². The van der Waals surface area contributed by atoms with Crippen molar-refractivity contribution in [3.05, 3.63) is 47.9 Å². The highest BCUT2D eigenvalue weighted by Crippen LogP contribution is 2.23. The van der Waals surface area contributed by atoms with E-state index in [2.05, 4.69) is 16.5 Å². The summed E-state index contributed by atoms with van der Waals surface area (Å²) in [5.74, 6) is -0.250. The summed E-state index contributed by atoms with van der Waals surface area (Å²) in [5.41, 5.74) is 2.05. The van der Waals surface area contributed by atoms with Crippen molar-refractivity contribution in [1.29, 1.82) is 5.26 Å². The van der Waals surface area contributed by atoms with Gasteiger partial charge in [0.1, 0.15) is 11.7 Å². The first-order valence-electron chi connectivity index (χ1n) is 7.25. The summed E-state index contributed by atoms with van der Waals surface area (Å²) in [6.45, 7) is 1.74. The van der Waals surface area contributed by atoms with E-state index in [1.54, 1.807) is 13.0 Å². The Hall–Kier alpha value is -3.07. The highest BCUT2D eigenvalue weighted by atomic mass is 16.5. The predicted octanol–water partition coefficient (Wildman–Crippen LogP) is 2.80. The third-order valence-corrected chi connectivity index (χ3v) is 3.76. The lowest BCUT2D eigenvalue weighted by Gasteiger charge is -2.07. The van der Waals surface area contributed by atoms with Gasteiger partial charge in [-0.25, -0.2) is 0 Å². The molecule has 0 aliphatic rings. The number of hydrogen-bond acceptors (Lipinski definition) is 4. The number of nitrogens with zero attached hydrogens (tertiary/aromatic N) is 3. The summed E-state index contributed by atoms with van der Waals surface area (Å²) in [6, 6.07) is 11.6. The molecule has 0 radical (unpaired) electrons. The molecule has 2 aromatic heterocycles. The number of fused-ring (bicyclic) bond motifs is 1. The zero-order chi connectivity index (χ0) is 16.4. The van der Waals surface area contributed by atoms with Gasteiger partial charge in [-0.2, -0.15) is 5.26 Å². The van der Waals surface area contributed by atoms with Gasteiger partial charge in [0.05, 0.1) is 6.07 Å². The van der Waals surface area contributed by atoms with Gasteiger partial charge >= 0.3 is 0 Å². The third kappa shape index (κ3) is 2.94. The SMILES string of the molecule is Cc1cc(NC(=O)C(C#N)Cc2cn(C)c3ccccc23)no1. The summed E-state index contributed by atoms with van der Waals surface area (Å²) in [5, 5.41) is 16.7. The number of para-hydroxylation sites is 1. The number of nitrogens with one attached hydrogen (secondary N) is 1. The molecule has 1 unspecified atom stereocenters. The molecule has 3 rings (SSSR count). The lowest BCUT2D eigenvalue weighted by atomic mass is 9.99. The number of aromatic nitrogens is 2. The van der Waals surface area contributed by atoms with Gasteiger partial charge in [-0.15, -0.1) is 0 Å². The molecule has 3 aromatic rings. The summed E-state index contributed by atoms with van der Waals surface area (Å²) in [7, 11) is 1.95. The lowest BCUT2D eigenvalue weighted by molar-refractivity contribution is -0.118. The molecular weight excluding hydrogens is 292 g/mol. The highest BCUT2D eigenvalue weighted by Gasteiger charge is 2.21. The van der Waals surface area contributed by atoms with E-state index in [9.17, 15) is 10.1 Å². The normalized spacial score (nSPS) is 12.0. The molecule has 116 valence electrons. The second-order valence-electron chi connectivity index (χ2n) is 5.48. The van der Waals surface area contributed by atoms with Crippen molar-refractivity contribution in [2.75, 3.05) is 5.32 Å². The number of amides is 1. The number of aryl methyl sites for hydroxylation is 2. The van der Waals surface area contributed by atoms with Crippen LogP contribution in [0.5, 0.6) is 0 Å². The standard InChI is InChI=1S/C17H16N4O2/c1-11-7-16(20-23-11)19-17(22)12(9-18)8-13-10-21(2)15-6-4-3-5-14(13)15/h3-7,10,12H,8H2,1-2H3,(H,19,20,22). The lowest BCUT2D eigenvalue weighted by Crippen LogP contribution is -2.23. The maximum Gasteiger partial charge on any atom is 0.243 e. The van der Waals surface area contributed by atoms with Crippen LogP contribution in [0.3, 0.4) is 0 Å². The Kier molecular flexibility index (Phi) is 3.85. The predicted molar refractivity (Wildman–Crippen MR) is 85.6 cm³/mol. The number of carbonyl (C=O) groups excluding carboxylic acids is 1. The molecule has 1 amide bonds. The molecule has 23 heavy (non-hydrogen) atoms. The molecule has 1 N–H and O–H groups in total. The average Bonchev–Trinajstić information content (AvgIpc) is 3.09. The van der Waals surface area contributed by atoms with Gasteiger partial charge in [0.25, 0.3) is 0 Å². The molecule has 0 fully saturated rings. The number of hydrogen-bond donors (Lipinski definition) is 1. The van der Waals surface area contributed by atoms with Gasteiger partial charge in [0.15, 0.2) is 5.82 Å². The summed E-state index contributed by atoms with van der Waals surface area (Å²) >= 11 is 0. The molecule has 0 spiro atoms. The van der Waals surface area contributed by atoms with Crippen LogP contribution in [0.25, 0.3) is 10.9 Å². The molecule has 6 nitrogen and oxygen atoms in total. The van der Waals surface area contributed by atoms with E-state index < -0.39 is 5.92 Å². The van der Waals surface area contributed by atoms with Crippen molar-refractivity contribution in [3.8, 4) is 6.07 Å². The van der Waals surface area contributed by atoms with E-state index in [0.717, 1.165) is 16.5 Å². The number of anilines is 1. The maximum absolute atomic E-state index is 12.3. The first-order chi connectivity index (χ1) is 11.1. The van der Waals surface area contributed by atoms with Gasteiger partial charge in [-0.3, -0.25) is 4.79 Å². The minimum Gasteiger partial charge on any atom is -0.360 e. The van der Waals surface area contributed by atoms with Crippen molar-refractivity contribution in [2.45, 2.75) is 13.3 Å². The zero-order valence-electron chi connectivity index (χ0n) is 12.9. The Morgan fingerprint density at radius 1 is 1.48 bits per heavy atom. The van der Waals surface area contributed by atoms with Gasteiger partial charge in [0.2, 0.25) is 5.91 Å². The molecule has 0 saturated heterocycles. The van der Waals surface area contributed by atoms with Gasteiger partial charge in [0, 0.05) is 30.2 Å². The van der Waals surface area contributed by atoms with Crippen molar-refractivity contribution >= 4 is 22.6 Å². The third-order valence-electron chi connectivity index (χ3n) is 3.76. The number of rotatable bonds is 4. The monoisotopic (exact) mass is 308 g/mol. The molecule has 0 bridgehead atoms. The van der Waals surface area contributed by atoms with Crippen LogP contribution in [0.15, 0.2) is 41.1 Å². The molecule has 1 atom stereocenters. The van der Waals surface area contributed by atoms with E-state index >= 15 is 0 Å². The van der Waals surface area contributed by atoms with Crippen molar-refractivity contribution in [3.63, 3.8) is 0 Å². The first kappa shape index (κ1) is 14.9. The van der Waals surface area contributed by atoms with E-state index in [1.165, 1.54) is 0 Å². The second-order valence-corrected chi connectivity index (χ2v) is 5.48. The number of benzene rings is 1. The Balaban J connectivity index is 1.81. The van der Waals surface area contributed by atoms with Crippen LogP contribution in [0, 0.1) is 24.2 Å². The first-order valence-corrected chi connectivity index (χ1v) is 7.25. The largest absolute Gasteiger partial charge is 0.360 e. The van der Waals surface area contributed by atoms with Crippen molar-refractivity contribution in [2.24, 2.45) is 13.0 Å². The molecule has 1 aromatic carbocycles. The topological polar surface area (TPSA) is 83.9 Å². The quantitative estimate of drug-likeness (QED) is 0.803. The Labute approximate surface area is 133 Å². The zero-order valence-corrected chi connectivity index (χ0v) is 12.9. The van der Waals surface area contributed by atoms with Crippen LogP contribution in [0.2, 0.25) is 0 Å². The molecule has 0 aliphatic heterocycles. The molecule has 0 saturated carbocycles. The van der Waals surface area contributed by atoms with Gasteiger partial charge in [-0.1, -0.05) is 23.4 Å². The van der Waals surface area contributed by atoms with E-state index in [1.807, 2.05) is 42.1 Å². The van der Waals surface area contributed by atoms with Crippen LogP contribution in [0.1, 0.15) is 11.3 Å². The Morgan fingerprint density at radius 2 is 2.26 bits per heavy atom. The molecular formula is C17H16N4O2. The summed E-state index contributed by atoms with van der Waals surface area (Å²) in [4.78, 5) is 12.3. The average molecular weight is 308 g/mol. The molecule has 0 aliphatic carbocycles. The van der Waals surface area contributed by atoms with E-state index in [4.69, 9.17) is 4.52 Å². The Bertz CT molecular complexity index is 901. The van der Waals surface area contributed by atoms with Crippen LogP contribution < -0.4 is 5.32 Å². The minimum atomic E-state index is -0.794. The Morgan fingerprint density at radius 3 is 2.96 bits per heavy atom. The number of nitriles is 1.